The van der Waals surface area contributed by atoms with Gasteiger partial charge < -0.3 is 10.2 Å². The van der Waals surface area contributed by atoms with Crippen molar-refractivity contribution in [1.82, 2.24) is 10.2 Å². The fourth-order valence-electron chi connectivity index (χ4n) is 2.33. The molecule has 1 aromatic rings. The van der Waals surface area contributed by atoms with Crippen LogP contribution in [0.2, 0.25) is 5.02 Å². The maximum Gasteiger partial charge on any atom is 0.255 e. The second-order valence-electron chi connectivity index (χ2n) is 4.69. The maximum atomic E-state index is 13.0. The number of amides is 1. The summed E-state index contributed by atoms with van der Waals surface area (Å²) in [7, 11) is 0. The lowest BCUT2D eigenvalue weighted by Gasteiger charge is -2.39. The van der Waals surface area contributed by atoms with E-state index in [4.69, 9.17) is 11.6 Å². The molecule has 0 spiro atoms. The molecule has 1 aromatic carbocycles. The number of piperazine rings is 1. The van der Waals surface area contributed by atoms with Gasteiger partial charge in [0.05, 0.1) is 10.6 Å². The van der Waals surface area contributed by atoms with Crippen LogP contribution in [0.25, 0.3) is 0 Å². The molecule has 0 aromatic heterocycles. The fourth-order valence-corrected chi connectivity index (χ4v) is 2.58. The smallest absolute Gasteiger partial charge is 0.255 e. The molecule has 98 valence electrons. The van der Waals surface area contributed by atoms with Gasteiger partial charge in [0.2, 0.25) is 0 Å². The van der Waals surface area contributed by atoms with Crippen LogP contribution in [0.4, 0.5) is 4.39 Å². The van der Waals surface area contributed by atoms with E-state index in [1.807, 2.05) is 13.8 Å². The lowest BCUT2D eigenvalue weighted by atomic mass is 10.1. The topological polar surface area (TPSA) is 32.3 Å². The highest BCUT2D eigenvalue weighted by atomic mass is 35.5. The molecule has 3 nitrogen and oxygen atoms in total. The molecule has 0 bridgehead atoms. The minimum absolute atomic E-state index is 0.0994. The van der Waals surface area contributed by atoms with Crippen molar-refractivity contribution in [3.8, 4) is 0 Å². The predicted octanol–water partition coefficient (Wildman–Crippen LogP) is 2.30. The highest BCUT2D eigenvalue weighted by molar-refractivity contribution is 6.33. The largest absolute Gasteiger partial charge is 0.331 e. The van der Waals surface area contributed by atoms with Gasteiger partial charge in [-0.05, 0) is 32.0 Å². The molecule has 5 heteroatoms. The van der Waals surface area contributed by atoms with E-state index in [1.54, 1.807) is 4.90 Å². The molecular weight excluding hydrogens is 255 g/mol. The van der Waals surface area contributed by atoms with Gasteiger partial charge in [-0.2, -0.15) is 0 Å². The van der Waals surface area contributed by atoms with Gasteiger partial charge in [0.15, 0.2) is 0 Å². The van der Waals surface area contributed by atoms with Crippen molar-refractivity contribution in [1.29, 1.82) is 0 Å². The summed E-state index contributed by atoms with van der Waals surface area (Å²) < 4.78 is 13.0. The normalized spacial score (nSPS) is 24.1. The molecule has 2 unspecified atom stereocenters. The lowest BCUT2D eigenvalue weighted by Crippen LogP contribution is -2.57. The average molecular weight is 271 g/mol. The van der Waals surface area contributed by atoms with Crippen LogP contribution in [0.1, 0.15) is 24.2 Å². The van der Waals surface area contributed by atoms with Gasteiger partial charge >= 0.3 is 0 Å². The Morgan fingerprint density at radius 1 is 1.39 bits per heavy atom. The number of carbonyl (C=O) groups excluding carboxylic acids is 1. The Labute approximate surface area is 111 Å². The monoisotopic (exact) mass is 270 g/mol. The first-order chi connectivity index (χ1) is 8.50. The standard InChI is InChI=1S/C13H16ClFN2O/c1-8-6-16-7-9(2)17(8)13(18)11-4-3-10(15)5-12(11)14/h3-5,8-9,16H,6-7H2,1-2H3. The van der Waals surface area contributed by atoms with E-state index in [9.17, 15) is 9.18 Å². The number of carbonyl (C=O) groups is 1. The number of hydrogen-bond donors (Lipinski definition) is 1. The van der Waals surface area contributed by atoms with Gasteiger partial charge in [-0.15, -0.1) is 0 Å². The Hall–Kier alpha value is -1.13. The zero-order valence-corrected chi connectivity index (χ0v) is 11.2. The third kappa shape index (κ3) is 2.49. The Bertz CT molecular complexity index is 456. The minimum atomic E-state index is -0.432. The summed E-state index contributed by atoms with van der Waals surface area (Å²) in [5, 5.41) is 3.42. The highest BCUT2D eigenvalue weighted by Crippen LogP contribution is 2.22. The molecule has 0 aliphatic carbocycles. The van der Waals surface area contributed by atoms with Gasteiger partial charge in [0.1, 0.15) is 5.82 Å². The predicted molar refractivity (Wildman–Crippen MR) is 69.4 cm³/mol. The number of halogens is 2. The Morgan fingerprint density at radius 3 is 2.56 bits per heavy atom. The van der Waals surface area contributed by atoms with Gasteiger partial charge in [0, 0.05) is 25.2 Å². The van der Waals surface area contributed by atoms with E-state index in [2.05, 4.69) is 5.32 Å². The average Bonchev–Trinajstić information content (AvgIpc) is 2.28. The summed E-state index contributed by atoms with van der Waals surface area (Å²) >= 11 is 5.94. The SMILES string of the molecule is CC1CNCC(C)N1C(=O)c1ccc(F)cc1Cl. The molecule has 1 heterocycles. The summed E-state index contributed by atoms with van der Waals surface area (Å²) in [5.41, 5.74) is 0.360. The molecule has 1 fully saturated rings. The number of nitrogens with zero attached hydrogens (tertiary/aromatic N) is 1. The molecule has 1 aliphatic rings. The first kappa shape index (κ1) is 13.3. The summed E-state index contributed by atoms with van der Waals surface area (Å²) in [6.45, 7) is 5.49. The number of benzene rings is 1. The first-order valence-electron chi connectivity index (χ1n) is 5.99. The summed E-state index contributed by atoms with van der Waals surface area (Å²) in [4.78, 5) is 14.2. The molecule has 18 heavy (non-hydrogen) atoms. The van der Waals surface area contributed by atoms with Crippen LogP contribution in [0, 0.1) is 5.82 Å². The van der Waals surface area contributed by atoms with Crippen molar-refractivity contribution >= 4 is 17.5 Å². The number of hydrogen-bond acceptors (Lipinski definition) is 2. The van der Waals surface area contributed by atoms with Crippen molar-refractivity contribution in [3.63, 3.8) is 0 Å². The molecular formula is C13H16ClFN2O. The van der Waals surface area contributed by atoms with Crippen LogP contribution in [-0.4, -0.2) is 36.0 Å². The molecule has 2 atom stereocenters. The first-order valence-corrected chi connectivity index (χ1v) is 6.37. The number of rotatable bonds is 1. The summed E-state index contributed by atoms with van der Waals surface area (Å²) in [6, 6.07) is 4.08. The zero-order chi connectivity index (χ0) is 13.3. The van der Waals surface area contributed by atoms with Crippen LogP contribution in [0.3, 0.4) is 0 Å². The van der Waals surface area contributed by atoms with Crippen LogP contribution in [0.15, 0.2) is 18.2 Å². The molecule has 1 aliphatic heterocycles. The van der Waals surface area contributed by atoms with Crippen LogP contribution < -0.4 is 5.32 Å². The van der Waals surface area contributed by atoms with E-state index in [0.717, 1.165) is 13.1 Å². The van der Waals surface area contributed by atoms with Crippen molar-refractivity contribution in [2.45, 2.75) is 25.9 Å². The minimum Gasteiger partial charge on any atom is -0.331 e. The third-order valence-corrected chi connectivity index (χ3v) is 3.54. The van der Waals surface area contributed by atoms with E-state index in [0.29, 0.717) is 5.56 Å². The number of nitrogens with one attached hydrogen (secondary N) is 1. The van der Waals surface area contributed by atoms with E-state index in [-0.39, 0.29) is 23.0 Å². The quantitative estimate of drug-likeness (QED) is 0.849. The third-order valence-electron chi connectivity index (χ3n) is 3.23. The van der Waals surface area contributed by atoms with Gasteiger partial charge in [-0.25, -0.2) is 4.39 Å². The Kier molecular flexibility index (Phi) is 3.88. The van der Waals surface area contributed by atoms with Crippen LogP contribution >= 0.6 is 11.6 Å². The van der Waals surface area contributed by atoms with Crippen molar-refractivity contribution in [3.05, 3.63) is 34.6 Å². The second-order valence-corrected chi connectivity index (χ2v) is 5.10. The van der Waals surface area contributed by atoms with Crippen LogP contribution in [-0.2, 0) is 0 Å². The molecule has 1 N–H and O–H groups in total. The molecule has 1 amide bonds. The molecule has 1 saturated heterocycles. The van der Waals surface area contributed by atoms with Crippen molar-refractivity contribution in [2.75, 3.05) is 13.1 Å². The van der Waals surface area contributed by atoms with E-state index < -0.39 is 5.82 Å². The van der Waals surface area contributed by atoms with E-state index >= 15 is 0 Å². The highest BCUT2D eigenvalue weighted by Gasteiger charge is 2.30. The summed E-state index contributed by atoms with van der Waals surface area (Å²) in [6.07, 6.45) is 0. The molecule has 0 radical (unpaired) electrons. The Morgan fingerprint density at radius 2 is 2.00 bits per heavy atom. The van der Waals surface area contributed by atoms with Crippen LogP contribution in [0.5, 0.6) is 0 Å². The van der Waals surface area contributed by atoms with E-state index in [1.165, 1.54) is 18.2 Å². The van der Waals surface area contributed by atoms with Crippen molar-refractivity contribution < 1.29 is 9.18 Å². The van der Waals surface area contributed by atoms with Gasteiger partial charge in [-0.3, -0.25) is 4.79 Å². The Balaban J connectivity index is 2.29. The van der Waals surface area contributed by atoms with Crippen molar-refractivity contribution in [2.24, 2.45) is 0 Å². The lowest BCUT2D eigenvalue weighted by molar-refractivity contribution is 0.0544. The second kappa shape index (κ2) is 5.24. The molecule has 0 saturated carbocycles. The fraction of sp³-hybridized carbons (Fsp3) is 0.462. The molecule has 2 rings (SSSR count). The summed E-state index contributed by atoms with van der Waals surface area (Å²) in [5.74, 6) is -0.570. The van der Waals surface area contributed by atoms with Gasteiger partial charge in [0.25, 0.3) is 5.91 Å². The van der Waals surface area contributed by atoms with Gasteiger partial charge in [-0.1, -0.05) is 11.6 Å². The zero-order valence-electron chi connectivity index (χ0n) is 10.4. The maximum absolute atomic E-state index is 13.0.